The lowest BCUT2D eigenvalue weighted by molar-refractivity contribution is -0.120. The number of amides is 1. The molecule has 2 aromatic rings. The third-order valence-corrected chi connectivity index (χ3v) is 4.72. The molecule has 2 aromatic carbocycles. The van der Waals surface area contributed by atoms with Crippen LogP contribution in [-0.4, -0.2) is 38.5 Å². The zero-order valence-electron chi connectivity index (χ0n) is 16.3. The summed E-state index contributed by atoms with van der Waals surface area (Å²) in [5.74, 6) is 0.506. The summed E-state index contributed by atoms with van der Waals surface area (Å²) in [6.45, 7) is 4.75. The van der Waals surface area contributed by atoms with Crippen LogP contribution in [0.1, 0.15) is 16.7 Å². The van der Waals surface area contributed by atoms with Gasteiger partial charge in [-0.15, -0.1) is 0 Å². The number of benzene rings is 2. The average molecular weight is 383 g/mol. The second kappa shape index (κ2) is 9.21. The molecule has 0 bridgehead atoms. The fourth-order valence-electron chi connectivity index (χ4n) is 3.02. The SMILES string of the molecule is CN=C(NCc1ccc(N2CCNC(=O)C2)cc1)NCc1ccc(C)c(F)c1. The van der Waals surface area contributed by atoms with Crippen LogP contribution in [0.2, 0.25) is 0 Å². The van der Waals surface area contributed by atoms with Crippen molar-refractivity contribution >= 4 is 17.6 Å². The Kier molecular flexibility index (Phi) is 6.47. The zero-order chi connectivity index (χ0) is 19.9. The van der Waals surface area contributed by atoms with Gasteiger partial charge in [0.2, 0.25) is 5.91 Å². The van der Waals surface area contributed by atoms with E-state index in [4.69, 9.17) is 0 Å². The average Bonchev–Trinajstić information content (AvgIpc) is 2.71. The number of hydrogen-bond acceptors (Lipinski definition) is 3. The van der Waals surface area contributed by atoms with Gasteiger partial charge in [-0.1, -0.05) is 24.3 Å². The molecule has 28 heavy (non-hydrogen) atoms. The molecule has 1 fully saturated rings. The van der Waals surface area contributed by atoms with E-state index >= 15 is 0 Å². The van der Waals surface area contributed by atoms with E-state index in [0.717, 1.165) is 23.4 Å². The minimum atomic E-state index is -0.200. The molecule has 0 atom stereocenters. The fourth-order valence-corrected chi connectivity index (χ4v) is 3.02. The van der Waals surface area contributed by atoms with Gasteiger partial charge in [-0.3, -0.25) is 9.79 Å². The van der Waals surface area contributed by atoms with Gasteiger partial charge >= 0.3 is 0 Å². The molecule has 1 saturated heterocycles. The topological polar surface area (TPSA) is 68.8 Å². The number of aryl methyl sites for hydroxylation is 1. The predicted molar refractivity (Wildman–Crippen MR) is 110 cm³/mol. The van der Waals surface area contributed by atoms with E-state index in [-0.39, 0.29) is 11.7 Å². The molecule has 1 aliphatic heterocycles. The maximum absolute atomic E-state index is 13.6. The van der Waals surface area contributed by atoms with Gasteiger partial charge in [0.1, 0.15) is 5.82 Å². The highest BCUT2D eigenvalue weighted by Crippen LogP contribution is 2.16. The van der Waals surface area contributed by atoms with Crippen molar-refractivity contribution in [1.29, 1.82) is 0 Å². The van der Waals surface area contributed by atoms with Crippen molar-refractivity contribution in [2.75, 3.05) is 31.6 Å². The number of halogens is 1. The number of anilines is 1. The molecule has 0 aromatic heterocycles. The quantitative estimate of drug-likeness (QED) is 0.545. The molecule has 3 N–H and O–H groups in total. The van der Waals surface area contributed by atoms with E-state index in [1.54, 1.807) is 20.0 Å². The van der Waals surface area contributed by atoms with Gasteiger partial charge in [0.25, 0.3) is 0 Å². The number of guanidine groups is 1. The summed E-state index contributed by atoms with van der Waals surface area (Å²) in [6.07, 6.45) is 0. The minimum Gasteiger partial charge on any atom is -0.360 e. The van der Waals surface area contributed by atoms with Crippen molar-refractivity contribution in [3.05, 3.63) is 65.0 Å². The Hall–Kier alpha value is -3.09. The van der Waals surface area contributed by atoms with Gasteiger partial charge in [-0.05, 0) is 41.8 Å². The number of carbonyl (C=O) groups excluding carboxylic acids is 1. The molecular formula is C21H26FN5O. The van der Waals surface area contributed by atoms with E-state index in [0.29, 0.717) is 37.7 Å². The summed E-state index contributed by atoms with van der Waals surface area (Å²) in [5, 5.41) is 9.28. The van der Waals surface area contributed by atoms with Crippen LogP contribution in [0.5, 0.6) is 0 Å². The smallest absolute Gasteiger partial charge is 0.239 e. The molecule has 6 nitrogen and oxygen atoms in total. The van der Waals surface area contributed by atoms with Crippen LogP contribution in [0.3, 0.4) is 0 Å². The predicted octanol–water partition coefficient (Wildman–Crippen LogP) is 1.94. The highest BCUT2D eigenvalue weighted by atomic mass is 19.1. The van der Waals surface area contributed by atoms with Gasteiger partial charge in [0.15, 0.2) is 5.96 Å². The van der Waals surface area contributed by atoms with E-state index < -0.39 is 0 Å². The van der Waals surface area contributed by atoms with Crippen LogP contribution in [-0.2, 0) is 17.9 Å². The van der Waals surface area contributed by atoms with Gasteiger partial charge in [0, 0.05) is 38.9 Å². The lowest BCUT2D eigenvalue weighted by Gasteiger charge is -2.28. The molecule has 0 spiro atoms. The first kappa shape index (κ1) is 19.7. The molecule has 0 unspecified atom stereocenters. The molecule has 1 heterocycles. The van der Waals surface area contributed by atoms with Crippen LogP contribution < -0.4 is 20.9 Å². The first-order valence-corrected chi connectivity index (χ1v) is 9.35. The number of hydrogen-bond donors (Lipinski definition) is 3. The second-order valence-electron chi connectivity index (χ2n) is 6.80. The molecule has 0 saturated carbocycles. The largest absolute Gasteiger partial charge is 0.360 e. The normalized spacial score (nSPS) is 14.6. The Morgan fingerprint density at radius 3 is 2.46 bits per heavy atom. The van der Waals surface area contributed by atoms with Crippen LogP contribution in [0.15, 0.2) is 47.5 Å². The zero-order valence-corrected chi connectivity index (χ0v) is 16.3. The van der Waals surface area contributed by atoms with Crippen LogP contribution >= 0.6 is 0 Å². The lowest BCUT2D eigenvalue weighted by Crippen LogP contribution is -2.47. The second-order valence-corrected chi connectivity index (χ2v) is 6.80. The summed E-state index contributed by atoms with van der Waals surface area (Å²) in [7, 11) is 1.70. The van der Waals surface area contributed by atoms with Gasteiger partial charge in [-0.25, -0.2) is 4.39 Å². The third-order valence-electron chi connectivity index (χ3n) is 4.72. The Balaban J connectivity index is 1.50. The first-order valence-electron chi connectivity index (χ1n) is 9.35. The highest BCUT2D eigenvalue weighted by Gasteiger charge is 2.16. The van der Waals surface area contributed by atoms with Crippen LogP contribution in [0, 0.1) is 12.7 Å². The number of nitrogens with zero attached hydrogens (tertiary/aromatic N) is 2. The van der Waals surface area contributed by atoms with E-state index in [1.807, 2.05) is 30.3 Å². The van der Waals surface area contributed by atoms with E-state index in [9.17, 15) is 9.18 Å². The van der Waals surface area contributed by atoms with Crippen molar-refractivity contribution in [2.45, 2.75) is 20.0 Å². The van der Waals surface area contributed by atoms with Crippen molar-refractivity contribution in [2.24, 2.45) is 4.99 Å². The van der Waals surface area contributed by atoms with E-state index in [2.05, 4.69) is 25.8 Å². The highest BCUT2D eigenvalue weighted by molar-refractivity contribution is 5.82. The number of rotatable bonds is 5. The molecule has 0 aliphatic carbocycles. The van der Waals surface area contributed by atoms with Crippen molar-refractivity contribution < 1.29 is 9.18 Å². The maximum atomic E-state index is 13.6. The van der Waals surface area contributed by atoms with Crippen molar-refractivity contribution in [3.63, 3.8) is 0 Å². The number of piperazine rings is 1. The van der Waals surface area contributed by atoms with Gasteiger partial charge < -0.3 is 20.9 Å². The molecular weight excluding hydrogens is 357 g/mol. The molecule has 3 rings (SSSR count). The minimum absolute atomic E-state index is 0.0559. The number of carbonyl (C=O) groups is 1. The first-order chi connectivity index (χ1) is 13.5. The summed E-state index contributed by atoms with van der Waals surface area (Å²) >= 11 is 0. The standard InChI is InChI=1S/C21H26FN5O/c1-15-3-4-17(11-19(15)22)13-26-21(23-2)25-12-16-5-7-18(8-6-16)27-10-9-24-20(28)14-27/h3-8,11H,9-10,12-14H2,1-2H3,(H,24,28)(H2,23,25,26). The molecule has 148 valence electrons. The van der Waals surface area contributed by atoms with Crippen LogP contribution in [0.4, 0.5) is 10.1 Å². The van der Waals surface area contributed by atoms with Crippen molar-refractivity contribution in [1.82, 2.24) is 16.0 Å². The Labute approximate surface area is 164 Å². The summed E-state index contributed by atoms with van der Waals surface area (Å²) in [6, 6.07) is 13.3. The monoisotopic (exact) mass is 383 g/mol. The number of nitrogens with one attached hydrogen (secondary N) is 3. The molecule has 0 radical (unpaired) electrons. The summed E-state index contributed by atoms with van der Waals surface area (Å²) in [4.78, 5) is 17.8. The Morgan fingerprint density at radius 1 is 1.14 bits per heavy atom. The fraction of sp³-hybridized carbons (Fsp3) is 0.333. The van der Waals surface area contributed by atoms with Gasteiger partial charge in [-0.2, -0.15) is 0 Å². The van der Waals surface area contributed by atoms with Gasteiger partial charge in [0.05, 0.1) is 6.54 Å². The number of aliphatic imine (C=N–C) groups is 1. The third kappa shape index (κ3) is 5.22. The maximum Gasteiger partial charge on any atom is 0.239 e. The summed E-state index contributed by atoms with van der Waals surface area (Å²) < 4.78 is 13.6. The Bertz CT molecular complexity index is 850. The Morgan fingerprint density at radius 2 is 1.82 bits per heavy atom. The van der Waals surface area contributed by atoms with Crippen molar-refractivity contribution in [3.8, 4) is 0 Å². The lowest BCUT2D eigenvalue weighted by atomic mass is 10.1. The van der Waals surface area contributed by atoms with E-state index in [1.165, 1.54) is 6.07 Å². The molecule has 1 amide bonds. The summed E-state index contributed by atoms with van der Waals surface area (Å²) in [5.41, 5.74) is 3.65. The molecule has 7 heteroatoms. The molecule has 1 aliphatic rings. The van der Waals surface area contributed by atoms with Crippen LogP contribution in [0.25, 0.3) is 0 Å².